The van der Waals surface area contributed by atoms with Gasteiger partial charge >= 0.3 is 5.97 Å². The third-order valence-corrected chi connectivity index (χ3v) is 2.92. The van der Waals surface area contributed by atoms with Crippen molar-refractivity contribution in [3.63, 3.8) is 0 Å². The number of carbonyl (C=O) groups excluding carboxylic acids is 1. The number of hydrogen-bond donors (Lipinski definition) is 2. The molecule has 0 bridgehead atoms. The highest BCUT2D eigenvalue weighted by atomic mass is 16.4. The molecule has 0 spiro atoms. The molecule has 1 aliphatic carbocycles. The number of rotatable bonds is 4. The van der Waals surface area contributed by atoms with Crippen LogP contribution in [0.4, 0.5) is 0 Å². The van der Waals surface area contributed by atoms with Gasteiger partial charge in [0, 0.05) is 6.54 Å². The minimum Gasteiger partial charge on any atom is -0.480 e. The fourth-order valence-corrected chi connectivity index (χ4v) is 2.03. The van der Waals surface area contributed by atoms with E-state index < -0.39 is 11.5 Å². The van der Waals surface area contributed by atoms with E-state index in [1.807, 2.05) is 0 Å². The molecule has 0 aliphatic heterocycles. The molecule has 0 radical (unpaired) electrons. The van der Waals surface area contributed by atoms with Crippen molar-refractivity contribution in [2.45, 2.75) is 38.1 Å². The largest absolute Gasteiger partial charge is 0.480 e. The maximum atomic E-state index is 12.0. The van der Waals surface area contributed by atoms with E-state index in [0.29, 0.717) is 19.4 Å². The highest BCUT2D eigenvalue weighted by Crippen LogP contribution is 2.28. The standard InChI is InChI=1S/C10H18N2O3/c1-2-12(7-8(13)14)9(15)10(11)5-3-4-6-10/h2-7,11H2,1H3,(H,13,14). The van der Waals surface area contributed by atoms with Crippen molar-refractivity contribution < 1.29 is 14.7 Å². The maximum Gasteiger partial charge on any atom is 0.323 e. The Balaban J connectivity index is 2.67. The molecule has 5 heteroatoms. The Morgan fingerprint density at radius 1 is 1.40 bits per heavy atom. The topological polar surface area (TPSA) is 83.6 Å². The molecule has 0 aromatic heterocycles. The Kier molecular flexibility index (Phi) is 3.68. The van der Waals surface area contributed by atoms with Gasteiger partial charge in [0.2, 0.25) is 5.91 Å². The number of carbonyl (C=O) groups is 2. The van der Waals surface area contributed by atoms with Gasteiger partial charge in [-0.3, -0.25) is 9.59 Å². The van der Waals surface area contributed by atoms with Gasteiger partial charge in [-0.05, 0) is 19.8 Å². The minimum atomic E-state index is -0.994. The normalized spacial score (nSPS) is 18.8. The molecule has 1 saturated carbocycles. The van der Waals surface area contributed by atoms with E-state index in [2.05, 4.69) is 0 Å². The summed E-state index contributed by atoms with van der Waals surface area (Å²) >= 11 is 0. The lowest BCUT2D eigenvalue weighted by Gasteiger charge is -2.29. The molecule has 1 aliphatic rings. The fraction of sp³-hybridized carbons (Fsp3) is 0.800. The maximum absolute atomic E-state index is 12.0. The van der Waals surface area contributed by atoms with Crippen LogP contribution in [0.1, 0.15) is 32.6 Å². The van der Waals surface area contributed by atoms with E-state index in [1.165, 1.54) is 4.90 Å². The zero-order valence-corrected chi connectivity index (χ0v) is 9.03. The molecule has 86 valence electrons. The number of amides is 1. The highest BCUT2D eigenvalue weighted by molar-refractivity contribution is 5.89. The molecule has 0 unspecified atom stereocenters. The molecule has 0 heterocycles. The number of aliphatic carboxylic acids is 1. The number of likely N-dealkylation sites (N-methyl/N-ethyl adjacent to an activating group) is 1. The lowest BCUT2D eigenvalue weighted by atomic mass is 9.97. The number of carboxylic acid groups (broad SMARTS) is 1. The van der Waals surface area contributed by atoms with Gasteiger partial charge in [0.1, 0.15) is 6.54 Å². The SMILES string of the molecule is CCN(CC(=O)O)C(=O)C1(N)CCCC1. The van der Waals surface area contributed by atoms with Crippen LogP contribution in [-0.2, 0) is 9.59 Å². The Morgan fingerprint density at radius 2 is 1.93 bits per heavy atom. The molecule has 1 fully saturated rings. The summed E-state index contributed by atoms with van der Waals surface area (Å²) in [6, 6.07) is 0. The first-order valence-corrected chi connectivity index (χ1v) is 5.29. The molecule has 3 N–H and O–H groups in total. The summed E-state index contributed by atoms with van der Waals surface area (Å²) in [5, 5.41) is 8.66. The average molecular weight is 214 g/mol. The van der Waals surface area contributed by atoms with Crippen molar-refractivity contribution in [2.24, 2.45) is 5.73 Å². The van der Waals surface area contributed by atoms with Crippen molar-refractivity contribution in [3.8, 4) is 0 Å². The third-order valence-electron chi connectivity index (χ3n) is 2.92. The molecule has 0 atom stereocenters. The summed E-state index contributed by atoms with van der Waals surface area (Å²) in [5.74, 6) is -1.21. The minimum absolute atomic E-state index is 0.218. The van der Waals surface area contributed by atoms with Crippen LogP contribution >= 0.6 is 0 Å². The van der Waals surface area contributed by atoms with Crippen LogP contribution in [-0.4, -0.2) is 40.5 Å². The van der Waals surface area contributed by atoms with Gasteiger partial charge in [0.25, 0.3) is 0 Å². The van der Waals surface area contributed by atoms with Crippen LogP contribution < -0.4 is 5.73 Å². The second kappa shape index (κ2) is 4.61. The van der Waals surface area contributed by atoms with Crippen LogP contribution in [0.3, 0.4) is 0 Å². The smallest absolute Gasteiger partial charge is 0.323 e. The van der Waals surface area contributed by atoms with Crippen LogP contribution in [0.15, 0.2) is 0 Å². The number of carboxylic acids is 1. The van der Waals surface area contributed by atoms with Gasteiger partial charge in [0.15, 0.2) is 0 Å². The van der Waals surface area contributed by atoms with Gasteiger partial charge in [-0.1, -0.05) is 12.8 Å². The van der Waals surface area contributed by atoms with Crippen molar-refractivity contribution >= 4 is 11.9 Å². The summed E-state index contributed by atoms with van der Waals surface area (Å²) < 4.78 is 0. The summed E-state index contributed by atoms with van der Waals surface area (Å²) in [4.78, 5) is 23.8. The Labute approximate surface area is 89.2 Å². The molecule has 1 rings (SSSR count). The zero-order valence-electron chi connectivity index (χ0n) is 9.03. The van der Waals surface area contributed by atoms with E-state index in [4.69, 9.17) is 10.8 Å². The van der Waals surface area contributed by atoms with Crippen molar-refractivity contribution in [2.75, 3.05) is 13.1 Å². The fourth-order valence-electron chi connectivity index (χ4n) is 2.03. The number of nitrogens with zero attached hydrogens (tertiary/aromatic N) is 1. The quantitative estimate of drug-likeness (QED) is 0.699. The predicted octanol–water partition coefficient (Wildman–Crippen LogP) is 0.191. The van der Waals surface area contributed by atoms with E-state index in [1.54, 1.807) is 6.92 Å². The van der Waals surface area contributed by atoms with Gasteiger partial charge < -0.3 is 15.7 Å². The lowest BCUT2D eigenvalue weighted by Crippen LogP contribution is -2.54. The zero-order chi connectivity index (χ0) is 11.5. The van der Waals surface area contributed by atoms with E-state index in [0.717, 1.165) is 12.8 Å². The van der Waals surface area contributed by atoms with Gasteiger partial charge in [-0.15, -0.1) is 0 Å². The molecular formula is C10H18N2O3. The molecule has 15 heavy (non-hydrogen) atoms. The molecule has 0 saturated heterocycles. The molecule has 5 nitrogen and oxygen atoms in total. The Morgan fingerprint density at radius 3 is 2.33 bits per heavy atom. The molecule has 0 aromatic carbocycles. The second-order valence-corrected chi connectivity index (χ2v) is 4.08. The summed E-state index contributed by atoms with van der Waals surface area (Å²) in [7, 11) is 0. The van der Waals surface area contributed by atoms with Crippen molar-refractivity contribution in [1.29, 1.82) is 0 Å². The lowest BCUT2D eigenvalue weighted by molar-refractivity contribution is -0.146. The number of nitrogens with two attached hydrogens (primary N) is 1. The Bertz CT molecular complexity index is 259. The van der Waals surface area contributed by atoms with E-state index in [9.17, 15) is 9.59 Å². The van der Waals surface area contributed by atoms with Gasteiger partial charge in [-0.2, -0.15) is 0 Å². The summed E-state index contributed by atoms with van der Waals surface area (Å²) in [6.45, 7) is 1.90. The van der Waals surface area contributed by atoms with Gasteiger partial charge in [-0.25, -0.2) is 0 Å². The first-order chi connectivity index (χ1) is 6.99. The second-order valence-electron chi connectivity index (χ2n) is 4.08. The molecular weight excluding hydrogens is 196 g/mol. The number of hydrogen-bond acceptors (Lipinski definition) is 3. The van der Waals surface area contributed by atoms with Gasteiger partial charge in [0.05, 0.1) is 5.54 Å². The van der Waals surface area contributed by atoms with E-state index in [-0.39, 0.29) is 12.5 Å². The predicted molar refractivity (Wildman–Crippen MR) is 55.3 cm³/mol. The Hall–Kier alpha value is -1.10. The highest BCUT2D eigenvalue weighted by Gasteiger charge is 2.39. The van der Waals surface area contributed by atoms with E-state index >= 15 is 0 Å². The first-order valence-electron chi connectivity index (χ1n) is 5.29. The van der Waals surface area contributed by atoms with Crippen LogP contribution in [0.25, 0.3) is 0 Å². The van der Waals surface area contributed by atoms with Crippen molar-refractivity contribution in [1.82, 2.24) is 4.90 Å². The van der Waals surface area contributed by atoms with Crippen molar-refractivity contribution in [3.05, 3.63) is 0 Å². The average Bonchev–Trinajstić information content (AvgIpc) is 2.61. The van der Waals surface area contributed by atoms with Crippen LogP contribution in [0.2, 0.25) is 0 Å². The van der Waals surface area contributed by atoms with Crippen LogP contribution in [0, 0.1) is 0 Å². The third kappa shape index (κ3) is 2.68. The first kappa shape index (κ1) is 12.0. The summed E-state index contributed by atoms with van der Waals surface area (Å²) in [5.41, 5.74) is 5.16. The summed E-state index contributed by atoms with van der Waals surface area (Å²) in [6.07, 6.45) is 3.24. The monoisotopic (exact) mass is 214 g/mol. The molecule has 1 amide bonds. The van der Waals surface area contributed by atoms with Crippen LogP contribution in [0.5, 0.6) is 0 Å². The molecule has 0 aromatic rings.